The lowest BCUT2D eigenvalue weighted by Gasteiger charge is -2.08. The Labute approximate surface area is 76.6 Å². The summed E-state index contributed by atoms with van der Waals surface area (Å²) in [4.78, 5) is 0. The molecule has 1 aliphatic carbocycles. The van der Waals surface area contributed by atoms with Crippen LogP contribution in [0.1, 0.15) is 17.2 Å². The Hall–Kier alpha value is -0.790. The third kappa shape index (κ3) is 1.26. The fourth-order valence-electron chi connectivity index (χ4n) is 1.37. The highest BCUT2D eigenvalue weighted by Crippen LogP contribution is 2.30. The molecule has 0 saturated carbocycles. The average molecular weight is 180 g/mol. The standard InChI is InChI=1S/C10H8ClO/c11-7-12-10-6-5-8-3-1-2-4-9(8)10/h2-6,10H,7H2. The van der Waals surface area contributed by atoms with E-state index in [-0.39, 0.29) is 12.2 Å². The number of halogens is 1. The Kier molecular flexibility index (Phi) is 2.15. The van der Waals surface area contributed by atoms with Gasteiger partial charge in [0.2, 0.25) is 0 Å². The summed E-state index contributed by atoms with van der Waals surface area (Å²) in [7, 11) is 0. The molecule has 0 aliphatic heterocycles. The van der Waals surface area contributed by atoms with Crippen molar-refractivity contribution in [3.63, 3.8) is 0 Å². The lowest BCUT2D eigenvalue weighted by Crippen LogP contribution is -1.97. The number of hydrogen-bond donors (Lipinski definition) is 0. The van der Waals surface area contributed by atoms with Crippen molar-refractivity contribution in [2.75, 3.05) is 6.07 Å². The van der Waals surface area contributed by atoms with Crippen molar-refractivity contribution >= 4 is 17.7 Å². The van der Waals surface area contributed by atoms with E-state index in [9.17, 15) is 0 Å². The van der Waals surface area contributed by atoms with E-state index < -0.39 is 0 Å². The largest absolute Gasteiger partial charge is 0.354 e. The van der Waals surface area contributed by atoms with Crippen LogP contribution in [0.25, 0.3) is 6.08 Å². The fraction of sp³-hybridized carbons (Fsp3) is 0.200. The third-order valence-corrected chi connectivity index (χ3v) is 2.06. The molecule has 0 fully saturated rings. The molecular weight excluding hydrogens is 172 g/mol. The van der Waals surface area contributed by atoms with Crippen LogP contribution in [0.2, 0.25) is 0 Å². The number of rotatable bonds is 2. The summed E-state index contributed by atoms with van der Waals surface area (Å²) in [5.41, 5.74) is 2.35. The van der Waals surface area contributed by atoms with Gasteiger partial charge >= 0.3 is 0 Å². The summed E-state index contributed by atoms with van der Waals surface area (Å²) in [5.74, 6) is 0. The number of alkyl halides is 1. The molecule has 61 valence electrons. The number of fused-ring (bicyclic) bond motifs is 1. The van der Waals surface area contributed by atoms with E-state index in [1.165, 1.54) is 11.1 Å². The Morgan fingerprint density at radius 1 is 1.58 bits per heavy atom. The third-order valence-electron chi connectivity index (χ3n) is 1.93. The van der Waals surface area contributed by atoms with Gasteiger partial charge in [0.15, 0.2) is 0 Å². The van der Waals surface area contributed by atoms with Gasteiger partial charge in [0.25, 0.3) is 0 Å². The quantitative estimate of drug-likeness (QED) is 0.635. The number of benzene rings is 1. The van der Waals surface area contributed by atoms with Crippen molar-refractivity contribution in [1.29, 1.82) is 0 Å². The van der Waals surface area contributed by atoms with Crippen molar-refractivity contribution in [2.45, 2.75) is 6.10 Å². The Bertz CT molecular complexity index is 306. The highest BCUT2D eigenvalue weighted by atomic mass is 35.5. The average Bonchev–Trinajstić information content (AvgIpc) is 2.50. The first-order valence-electron chi connectivity index (χ1n) is 3.77. The fourth-order valence-corrected chi connectivity index (χ4v) is 1.50. The van der Waals surface area contributed by atoms with Crippen molar-refractivity contribution in [3.8, 4) is 0 Å². The number of ether oxygens (including phenoxy) is 1. The molecule has 1 radical (unpaired) electrons. The molecule has 0 aromatic heterocycles. The van der Waals surface area contributed by atoms with Crippen molar-refractivity contribution < 1.29 is 4.74 Å². The minimum atomic E-state index is 0.0344. The summed E-state index contributed by atoms with van der Waals surface area (Å²) in [6, 6.07) is 9.08. The van der Waals surface area contributed by atoms with E-state index in [1.807, 2.05) is 30.4 Å². The van der Waals surface area contributed by atoms with Crippen LogP contribution >= 0.6 is 11.6 Å². The molecule has 0 N–H and O–H groups in total. The summed E-state index contributed by atoms with van der Waals surface area (Å²) >= 11 is 5.48. The summed E-state index contributed by atoms with van der Waals surface area (Å²) in [6.45, 7) is 0. The van der Waals surface area contributed by atoms with Crippen LogP contribution in [0.5, 0.6) is 0 Å². The second-order valence-corrected chi connectivity index (χ2v) is 2.83. The van der Waals surface area contributed by atoms with Gasteiger partial charge in [-0.05, 0) is 23.3 Å². The SMILES string of the molecule is ClCOC1C=Cc2c[c]ccc21. The lowest BCUT2D eigenvalue weighted by atomic mass is 10.1. The van der Waals surface area contributed by atoms with Crippen molar-refractivity contribution in [3.05, 3.63) is 41.5 Å². The van der Waals surface area contributed by atoms with E-state index in [4.69, 9.17) is 16.3 Å². The van der Waals surface area contributed by atoms with Crippen molar-refractivity contribution in [1.82, 2.24) is 0 Å². The van der Waals surface area contributed by atoms with Gasteiger partial charge in [-0.1, -0.05) is 35.9 Å². The zero-order chi connectivity index (χ0) is 8.39. The monoisotopic (exact) mass is 179 g/mol. The van der Waals surface area contributed by atoms with Crippen LogP contribution in [-0.2, 0) is 4.74 Å². The van der Waals surface area contributed by atoms with Gasteiger partial charge in [0, 0.05) is 0 Å². The Morgan fingerprint density at radius 3 is 3.33 bits per heavy atom. The molecule has 1 aromatic carbocycles. The molecule has 2 rings (SSSR count). The number of hydrogen-bond acceptors (Lipinski definition) is 1. The summed E-state index contributed by atoms with van der Waals surface area (Å²) in [5, 5.41) is 0. The normalized spacial score (nSPS) is 19.6. The first kappa shape index (κ1) is 7.84. The molecule has 1 atom stereocenters. The smallest absolute Gasteiger partial charge is 0.122 e. The molecular formula is C10H8ClO. The molecule has 1 aliphatic rings. The van der Waals surface area contributed by atoms with E-state index in [0.29, 0.717) is 0 Å². The topological polar surface area (TPSA) is 9.23 Å². The summed E-state index contributed by atoms with van der Waals surface area (Å²) in [6.07, 6.45) is 4.07. The first-order chi connectivity index (χ1) is 5.92. The predicted octanol–water partition coefficient (Wildman–Crippen LogP) is 2.77. The van der Waals surface area contributed by atoms with Gasteiger partial charge in [0.05, 0.1) is 0 Å². The Balaban J connectivity index is 2.30. The van der Waals surface area contributed by atoms with Crippen LogP contribution in [0.3, 0.4) is 0 Å². The molecule has 0 spiro atoms. The second-order valence-electron chi connectivity index (χ2n) is 2.61. The van der Waals surface area contributed by atoms with Gasteiger partial charge < -0.3 is 4.74 Å². The first-order valence-corrected chi connectivity index (χ1v) is 4.31. The zero-order valence-corrected chi connectivity index (χ0v) is 7.21. The van der Waals surface area contributed by atoms with E-state index in [2.05, 4.69) is 6.07 Å². The molecule has 2 heteroatoms. The van der Waals surface area contributed by atoms with Gasteiger partial charge in [-0.15, -0.1) is 0 Å². The van der Waals surface area contributed by atoms with Crippen LogP contribution in [0.4, 0.5) is 0 Å². The minimum absolute atomic E-state index is 0.0344. The minimum Gasteiger partial charge on any atom is -0.354 e. The summed E-state index contributed by atoms with van der Waals surface area (Å²) < 4.78 is 5.29. The van der Waals surface area contributed by atoms with Gasteiger partial charge in [-0.25, -0.2) is 0 Å². The highest BCUT2D eigenvalue weighted by Gasteiger charge is 2.15. The van der Waals surface area contributed by atoms with Gasteiger partial charge in [-0.2, -0.15) is 0 Å². The molecule has 12 heavy (non-hydrogen) atoms. The molecule has 0 heterocycles. The molecule has 1 unspecified atom stereocenters. The van der Waals surface area contributed by atoms with Crippen LogP contribution < -0.4 is 0 Å². The van der Waals surface area contributed by atoms with Crippen LogP contribution in [0, 0.1) is 6.07 Å². The van der Waals surface area contributed by atoms with Crippen molar-refractivity contribution in [2.24, 2.45) is 0 Å². The molecule has 1 nitrogen and oxygen atoms in total. The molecule has 0 bridgehead atoms. The highest BCUT2D eigenvalue weighted by molar-refractivity contribution is 6.17. The maximum Gasteiger partial charge on any atom is 0.122 e. The van der Waals surface area contributed by atoms with E-state index in [1.54, 1.807) is 0 Å². The lowest BCUT2D eigenvalue weighted by molar-refractivity contribution is 0.127. The van der Waals surface area contributed by atoms with E-state index in [0.717, 1.165) is 0 Å². The van der Waals surface area contributed by atoms with Crippen LogP contribution in [0.15, 0.2) is 24.3 Å². The molecule has 0 saturated heterocycles. The Morgan fingerprint density at radius 2 is 2.50 bits per heavy atom. The zero-order valence-electron chi connectivity index (χ0n) is 6.46. The predicted molar refractivity (Wildman–Crippen MR) is 48.9 cm³/mol. The maximum absolute atomic E-state index is 5.48. The molecule has 1 aromatic rings. The van der Waals surface area contributed by atoms with E-state index >= 15 is 0 Å². The molecule has 0 amide bonds. The van der Waals surface area contributed by atoms with Crippen LogP contribution in [-0.4, -0.2) is 6.07 Å². The van der Waals surface area contributed by atoms with Gasteiger partial charge in [0.1, 0.15) is 12.2 Å². The second kappa shape index (κ2) is 3.30. The maximum atomic E-state index is 5.48. The van der Waals surface area contributed by atoms with Gasteiger partial charge in [-0.3, -0.25) is 0 Å².